The van der Waals surface area contributed by atoms with Gasteiger partial charge in [0.2, 0.25) is 0 Å². The van der Waals surface area contributed by atoms with E-state index in [0.717, 1.165) is 16.6 Å². The van der Waals surface area contributed by atoms with Crippen LogP contribution in [0.1, 0.15) is 16.7 Å². The lowest BCUT2D eigenvalue weighted by Gasteiger charge is -2.11. The van der Waals surface area contributed by atoms with Crippen molar-refractivity contribution in [1.82, 2.24) is 0 Å². The summed E-state index contributed by atoms with van der Waals surface area (Å²) >= 11 is 0. The number of para-hydroxylation sites is 1. The lowest BCUT2D eigenvalue weighted by Crippen LogP contribution is -2.07. The molecule has 0 fully saturated rings. The number of hydrogen-bond acceptors (Lipinski definition) is 4. The van der Waals surface area contributed by atoms with Gasteiger partial charge in [-0.2, -0.15) is 5.26 Å². The van der Waals surface area contributed by atoms with Gasteiger partial charge >= 0.3 is 5.63 Å². The van der Waals surface area contributed by atoms with Gasteiger partial charge in [-0.1, -0.05) is 42.5 Å². The summed E-state index contributed by atoms with van der Waals surface area (Å²) in [5.41, 5.74) is 2.57. The van der Waals surface area contributed by atoms with E-state index < -0.39 is 5.63 Å². The highest BCUT2D eigenvalue weighted by Crippen LogP contribution is 2.22. The van der Waals surface area contributed by atoms with Crippen molar-refractivity contribution in [1.29, 1.82) is 5.26 Å². The average Bonchev–Trinajstić information content (AvgIpc) is 2.59. The van der Waals surface area contributed by atoms with Crippen LogP contribution in [0.4, 0.5) is 5.69 Å². The van der Waals surface area contributed by atoms with Crippen LogP contribution in [0.15, 0.2) is 57.7 Å². The Morgan fingerprint density at radius 1 is 1.04 bits per heavy atom. The van der Waals surface area contributed by atoms with Crippen molar-refractivity contribution in [2.75, 3.05) is 19.0 Å². The normalized spacial score (nSPS) is 10.9. The first-order valence-electron chi connectivity index (χ1n) is 7.51. The van der Waals surface area contributed by atoms with Gasteiger partial charge in [-0.25, -0.2) is 4.79 Å². The number of nitriles is 1. The summed E-state index contributed by atoms with van der Waals surface area (Å²) in [5, 5.41) is 10.0. The molecule has 0 amide bonds. The predicted octanol–water partition coefficient (Wildman–Crippen LogP) is 3.90. The molecule has 1 aromatic heterocycles. The van der Waals surface area contributed by atoms with E-state index in [-0.39, 0.29) is 5.56 Å². The molecule has 0 aliphatic rings. The number of hydrogen-bond donors (Lipinski definition) is 0. The third kappa shape index (κ3) is 2.92. The van der Waals surface area contributed by atoms with Gasteiger partial charge in [-0.15, -0.1) is 0 Å². The minimum Gasteiger partial charge on any atom is -0.422 e. The van der Waals surface area contributed by atoms with Gasteiger partial charge in [0.15, 0.2) is 0 Å². The summed E-state index contributed by atoms with van der Waals surface area (Å²) < 4.78 is 5.20. The predicted molar refractivity (Wildman–Crippen MR) is 96.9 cm³/mol. The molecule has 4 nitrogen and oxygen atoms in total. The molecular formula is C20H16N2O2. The van der Waals surface area contributed by atoms with Crippen LogP contribution < -0.4 is 10.5 Å². The second-order valence-electron chi connectivity index (χ2n) is 5.61. The third-order valence-corrected chi connectivity index (χ3v) is 3.82. The minimum atomic E-state index is -0.612. The zero-order valence-electron chi connectivity index (χ0n) is 13.5. The fraction of sp³-hybridized carbons (Fsp3) is 0.100. The fourth-order valence-electron chi connectivity index (χ4n) is 2.52. The maximum Gasteiger partial charge on any atom is 0.354 e. The first-order chi connectivity index (χ1) is 11.6. The summed E-state index contributed by atoms with van der Waals surface area (Å²) in [5.74, 6) is 0. The number of fused-ring (bicyclic) bond motifs is 1. The highest BCUT2D eigenvalue weighted by Gasteiger charge is 2.11. The number of benzene rings is 2. The van der Waals surface area contributed by atoms with E-state index in [0.29, 0.717) is 11.1 Å². The molecule has 2 aromatic carbocycles. The molecule has 0 saturated carbocycles. The van der Waals surface area contributed by atoms with Crippen LogP contribution in [0.2, 0.25) is 0 Å². The van der Waals surface area contributed by atoms with Crippen molar-refractivity contribution in [3.63, 3.8) is 0 Å². The lowest BCUT2D eigenvalue weighted by molar-refractivity contribution is 0.558. The average molecular weight is 316 g/mol. The Balaban J connectivity index is 2.09. The number of nitrogens with zero attached hydrogens (tertiary/aromatic N) is 2. The van der Waals surface area contributed by atoms with Gasteiger partial charge in [-0.3, -0.25) is 0 Å². The van der Waals surface area contributed by atoms with Gasteiger partial charge in [0.25, 0.3) is 0 Å². The van der Waals surface area contributed by atoms with E-state index in [9.17, 15) is 10.1 Å². The standard InChI is InChI=1S/C20H16N2O2/c1-22(2)15-10-7-14(8-11-15)9-12-16-17-5-3-4-6-19(17)24-20(23)18(16)13-21/h3-12H,1-2H3. The molecule has 3 aromatic rings. The molecule has 3 rings (SSSR count). The van der Waals surface area contributed by atoms with Gasteiger partial charge < -0.3 is 9.32 Å². The van der Waals surface area contributed by atoms with Crippen LogP contribution in [0.5, 0.6) is 0 Å². The van der Waals surface area contributed by atoms with Gasteiger partial charge in [0.05, 0.1) is 0 Å². The first kappa shape index (κ1) is 15.6. The molecule has 0 radical (unpaired) electrons. The molecule has 0 unspecified atom stereocenters. The monoisotopic (exact) mass is 316 g/mol. The molecule has 0 aliphatic heterocycles. The Morgan fingerprint density at radius 2 is 1.75 bits per heavy atom. The van der Waals surface area contributed by atoms with Gasteiger partial charge in [0.1, 0.15) is 17.2 Å². The van der Waals surface area contributed by atoms with Crippen LogP contribution in [0.3, 0.4) is 0 Å². The van der Waals surface area contributed by atoms with Crippen molar-refractivity contribution in [3.8, 4) is 6.07 Å². The largest absolute Gasteiger partial charge is 0.422 e. The smallest absolute Gasteiger partial charge is 0.354 e. The van der Waals surface area contributed by atoms with E-state index in [1.165, 1.54) is 0 Å². The Kier molecular flexibility index (Phi) is 4.17. The van der Waals surface area contributed by atoms with Crippen molar-refractivity contribution in [2.24, 2.45) is 0 Å². The number of anilines is 1. The van der Waals surface area contributed by atoms with Crippen LogP contribution >= 0.6 is 0 Å². The summed E-state index contributed by atoms with van der Waals surface area (Å²) in [7, 11) is 3.97. The van der Waals surface area contributed by atoms with Crippen LogP contribution in [-0.2, 0) is 0 Å². The molecule has 0 atom stereocenters. The highest BCUT2D eigenvalue weighted by molar-refractivity contribution is 5.91. The SMILES string of the molecule is CN(C)c1ccc(C=Cc2c(C#N)c(=O)oc3ccccc23)cc1. The van der Waals surface area contributed by atoms with E-state index >= 15 is 0 Å². The van der Waals surface area contributed by atoms with E-state index in [1.54, 1.807) is 18.2 Å². The quantitative estimate of drug-likeness (QED) is 0.688. The minimum absolute atomic E-state index is 0.0230. The zero-order valence-corrected chi connectivity index (χ0v) is 13.5. The fourth-order valence-corrected chi connectivity index (χ4v) is 2.52. The lowest BCUT2D eigenvalue weighted by atomic mass is 10.0. The topological polar surface area (TPSA) is 57.2 Å². The molecule has 1 heterocycles. The van der Waals surface area contributed by atoms with E-state index in [2.05, 4.69) is 0 Å². The van der Waals surface area contributed by atoms with Crippen molar-refractivity contribution >= 4 is 28.8 Å². The molecule has 118 valence electrons. The third-order valence-electron chi connectivity index (χ3n) is 3.82. The Morgan fingerprint density at radius 3 is 2.42 bits per heavy atom. The molecule has 24 heavy (non-hydrogen) atoms. The Hall–Kier alpha value is -3.32. The Bertz CT molecular complexity index is 1010. The molecule has 4 heteroatoms. The maximum absolute atomic E-state index is 12.0. The molecule has 0 aliphatic carbocycles. The van der Waals surface area contributed by atoms with Crippen molar-refractivity contribution in [3.05, 3.63) is 75.6 Å². The molecular weight excluding hydrogens is 300 g/mol. The molecule has 0 spiro atoms. The van der Waals surface area contributed by atoms with E-state index in [1.807, 2.05) is 67.5 Å². The second-order valence-corrected chi connectivity index (χ2v) is 5.61. The summed E-state index contributed by atoms with van der Waals surface area (Å²) in [6, 6.07) is 17.2. The highest BCUT2D eigenvalue weighted by atomic mass is 16.4. The first-order valence-corrected chi connectivity index (χ1v) is 7.51. The summed E-state index contributed by atoms with van der Waals surface area (Å²) in [6.07, 6.45) is 3.68. The second kappa shape index (κ2) is 6.43. The zero-order chi connectivity index (χ0) is 17.1. The maximum atomic E-state index is 12.0. The van der Waals surface area contributed by atoms with Crippen LogP contribution in [0, 0.1) is 11.3 Å². The summed E-state index contributed by atoms with van der Waals surface area (Å²) in [6.45, 7) is 0. The van der Waals surface area contributed by atoms with Crippen LogP contribution in [-0.4, -0.2) is 14.1 Å². The summed E-state index contributed by atoms with van der Waals surface area (Å²) in [4.78, 5) is 14.0. The van der Waals surface area contributed by atoms with Crippen LogP contribution in [0.25, 0.3) is 23.1 Å². The van der Waals surface area contributed by atoms with Gasteiger partial charge in [-0.05, 0) is 23.8 Å². The number of rotatable bonds is 3. The van der Waals surface area contributed by atoms with Crippen molar-refractivity contribution in [2.45, 2.75) is 0 Å². The molecule has 0 N–H and O–H groups in total. The molecule has 0 bridgehead atoms. The van der Waals surface area contributed by atoms with Crippen molar-refractivity contribution < 1.29 is 4.42 Å². The van der Waals surface area contributed by atoms with E-state index in [4.69, 9.17) is 4.42 Å². The molecule has 0 saturated heterocycles. The van der Waals surface area contributed by atoms with Gasteiger partial charge in [0, 0.05) is 30.7 Å². The Labute approximate surface area is 139 Å².